The summed E-state index contributed by atoms with van der Waals surface area (Å²) >= 11 is 1.72. The van der Waals surface area contributed by atoms with E-state index in [9.17, 15) is 5.11 Å². The van der Waals surface area contributed by atoms with Crippen LogP contribution in [0.3, 0.4) is 0 Å². The summed E-state index contributed by atoms with van der Waals surface area (Å²) < 4.78 is 11.0. The fourth-order valence-corrected chi connectivity index (χ4v) is 3.52. The van der Waals surface area contributed by atoms with Crippen molar-refractivity contribution in [2.24, 2.45) is 5.92 Å². The van der Waals surface area contributed by atoms with Crippen molar-refractivity contribution >= 4 is 11.8 Å². The number of rotatable bonds is 5. The van der Waals surface area contributed by atoms with E-state index >= 15 is 0 Å². The minimum atomic E-state index is -0.366. The van der Waals surface area contributed by atoms with Gasteiger partial charge >= 0.3 is 0 Å². The van der Waals surface area contributed by atoms with E-state index in [-0.39, 0.29) is 18.1 Å². The molecule has 2 aliphatic rings. The molecule has 0 radical (unpaired) electrons. The first-order valence-corrected chi connectivity index (χ1v) is 7.66. The molecule has 2 fully saturated rings. The third-order valence-corrected chi connectivity index (χ3v) is 4.65. The van der Waals surface area contributed by atoms with E-state index in [1.165, 1.54) is 12.8 Å². The number of hydrogen-bond acceptors (Lipinski definition) is 6. The van der Waals surface area contributed by atoms with Gasteiger partial charge in [0.1, 0.15) is 6.10 Å². The third-order valence-electron chi connectivity index (χ3n) is 3.48. The predicted octanol–water partition coefficient (Wildman–Crippen LogP) is 1.75. The Morgan fingerprint density at radius 3 is 2.94 bits per heavy atom. The van der Waals surface area contributed by atoms with Gasteiger partial charge in [0.15, 0.2) is 0 Å². The molecule has 1 aliphatic carbocycles. The lowest BCUT2D eigenvalue weighted by Gasteiger charge is -2.11. The second-order valence-corrected chi connectivity index (χ2v) is 5.99. The first-order valence-electron chi connectivity index (χ1n) is 6.50. The molecular weight excluding hydrogens is 252 g/mol. The van der Waals surface area contributed by atoms with Crippen LogP contribution in [-0.2, 0) is 4.74 Å². The summed E-state index contributed by atoms with van der Waals surface area (Å²) in [5.41, 5.74) is 0. The fraction of sp³-hybridized carbons (Fsp3) is 0.833. The first-order chi connectivity index (χ1) is 8.79. The number of aliphatic hydroxyl groups excluding tert-OH is 1. The largest absolute Gasteiger partial charge is 0.391 e. The first kappa shape index (κ1) is 12.4. The van der Waals surface area contributed by atoms with Gasteiger partial charge in [0.2, 0.25) is 11.7 Å². The summed E-state index contributed by atoms with van der Waals surface area (Å²) in [4.78, 5) is 4.45. The van der Waals surface area contributed by atoms with Gasteiger partial charge < -0.3 is 14.4 Å². The smallest absolute Gasteiger partial charge is 0.233 e. The third kappa shape index (κ3) is 2.41. The van der Waals surface area contributed by atoms with Crippen molar-refractivity contribution in [1.29, 1.82) is 0 Å². The van der Waals surface area contributed by atoms with Crippen LogP contribution in [0.1, 0.15) is 43.5 Å². The average molecular weight is 270 g/mol. The van der Waals surface area contributed by atoms with E-state index in [0.29, 0.717) is 24.2 Å². The van der Waals surface area contributed by atoms with Gasteiger partial charge in [-0.25, -0.2) is 0 Å². The molecule has 18 heavy (non-hydrogen) atoms. The number of nitrogens with zero attached hydrogens (tertiary/aromatic N) is 2. The summed E-state index contributed by atoms with van der Waals surface area (Å²) in [5.74, 6) is 3.34. The second-order valence-electron chi connectivity index (χ2n) is 4.92. The molecule has 0 aromatic carbocycles. The van der Waals surface area contributed by atoms with Crippen LogP contribution >= 0.6 is 11.8 Å². The van der Waals surface area contributed by atoms with Crippen molar-refractivity contribution in [3.8, 4) is 0 Å². The van der Waals surface area contributed by atoms with Gasteiger partial charge in [-0.1, -0.05) is 5.16 Å². The van der Waals surface area contributed by atoms with Crippen LogP contribution in [0.2, 0.25) is 0 Å². The normalized spacial score (nSPS) is 29.7. The van der Waals surface area contributed by atoms with Crippen LogP contribution in [0.5, 0.6) is 0 Å². The number of aromatic nitrogens is 2. The quantitative estimate of drug-likeness (QED) is 0.879. The van der Waals surface area contributed by atoms with Crippen LogP contribution in [0.25, 0.3) is 0 Å². The molecule has 1 aromatic rings. The standard InChI is InChI=1S/C12H18N2O3S/c1-2-16-10(7-3-4-7)11-13-12(17-14-11)8-5-18-6-9(8)15/h7-10,15H,2-6H2,1H3. The molecule has 0 bridgehead atoms. The predicted molar refractivity (Wildman–Crippen MR) is 67.5 cm³/mol. The molecule has 3 unspecified atom stereocenters. The number of ether oxygens (including phenoxy) is 1. The molecule has 100 valence electrons. The van der Waals surface area contributed by atoms with E-state index in [0.717, 1.165) is 11.5 Å². The van der Waals surface area contributed by atoms with Gasteiger partial charge in [-0.3, -0.25) is 0 Å². The number of hydrogen-bond donors (Lipinski definition) is 1. The molecule has 0 spiro atoms. The Morgan fingerprint density at radius 2 is 2.33 bits per heavy atom. The van der Waals surface area contributed by atoms with Crippen molar-refractivity contribution in [3.05, 3.63) is 11.7 Å². The van der Waals surface area contributed by atoms with Crippen LogP contribution in [0.15, 0.2) is 4.52 Å². The molecule has 1 saturated carbocycles. The second kappa shape index (κ2) is 5.19. The Labute approximate surface area is 110 Å². The summed E-state index contributed by atoms with van der Waals surface area (Å²) in [6.45, 7) is 2.64. The van der Waals surface area contributed by atoms with Gasteiger partial charge in [0.05, 0.1) is 12.0 Å². The van der Waals surface area contributed by atoms with E-state index in [1.807, 2.05) is 6.92 Å². The van der Waals surface area contributed by atoms with Crippen LogP contribution in [0.4, 0.5) is 0 Å². The zero-order chi connectivity index (χ0) is 12.5. The minimum absolute atomic E-state index is 0.0160. The molecule has 1 saturated heterocycles. The van der Waals surface area contributed by atoms with E-state index < -0.39 is 0 Å². The fourth-order valence-electron chi connectivity index (χ4n) is 2.29. The van der Waals surface area contributed by atoms with Crippen molar-refractivity contribution in [3.63, 3.8) is 0 Å². The minimum Gasteiger partial charge on any atom is -0.391 e. The highest BCUT2D eigenvalue weighted by molar-refractivity contribution is 7.99. The molecule has 5 nitrogen and oxygen atoms in total. The maximum atomic E-state index is 9.84. The van der Waals surface area contributed by atoms with Gasteiger partial charge in [-0.05, 0) is 25.7 Å². The lowest BCUT2D eigenvalue weighted by atomic mass is 10.1. The summed E-state index contributed by atoms with van der Waals surface area (Å²) in [6.07, 6.45) is 1.96. The van der Waals surface area contributed by atoms with Crippen molar-refractivity contribution < 1.29 is 14.4 Å². The molecule has 1 aliphatic heterocycles. The Morgan fingerprint density at radius 1 is 1.50 bits per heavy atom. The highest BCUT2D eigenvalue weighted by atomic mass is 32.2. The maximum absolute atomic E-state index is 9.84. The molecule has 6 heteroatoms. The lowest BCUT2D eigenvalue weighted by molar-refractivity contribution is 0.0384. The molecule has 0 amide bonds. The SMILES string of the molecule is CCOC(c1noc(C2CSCC2O)n1)C1CC1. The van der Waals surface area contributed by atoms with Crippen LogP contribution in [-0.4, -0.2) is 39.5 Å². The Hall–Kier alpha value is -0.590. The number of aliphatic hydroxyl groups is 1. The van der Waals surface area contributed by atoms with Gasteiger partial charge in [0, 0.05) is 18.1 Å². The molecule has 3 atom stereocenters. The van der Waals surface area contributed by atoms with Crippen LogP contribution in [0, 0.1) is 5.92 Å². The average Bonchev–Trinajstić information content (AvgIpc) is 2.93. The topological polar surface area (TPSA) is 68.4 Å². The highest BCUT2D eigenvalue weighted by Crippen LogP contribution is 2.43. The van der Waals surface area contributed by atoms with Crippen molar-refractivity contribution in [1.82, 2.24) is 10.1 Å². The molecule has 1 aromatic heterocycles. The zero-order valence-electron chi connectivity index (χ0n) is 10.4. The van der Waals surface area contributed by atoms with E-state index in [1.54, 1.807) is 11.8 Å². The van der Waals surface area contributed by atoms with E-state index in [2.05, 4.69) is 10.1 Å². The molecule has 1 N–H and O–H groups in total. The van der Waals surface area contributed by atoms with Crippen molar-refractivity contribution in [2.45, 2.75) is 37.9 Å². The molecular formula is C12H18N2O3S. The molecule has 2 heterocycles. The Bertz CT molecular complexity index is 408. The van der Waals surface area contributed by atoms with E-state index in [4.69, 9.17) is 9.26 Å². The lowest BCUT2D eigenvalue weighted by Crippen LogP contribution is -2.16. The van der Waals surface area contributed by atoms with Crippen molar-refractivity contribution in [2.75, 3.05) is 18.1 Å². The zero-order valence-corrected chi connectivity index (χ0v) is 11.2. The summed E-state index contributed by atoms with van der Waals surface area (Å²) in [5, 5.41) is 13.9. The van der Waals surface area contributed by atoms with Crippen LogP contribution < -0.4 is 0 Å². The Balaban J connectivity index is 1.75. The van der Waals surface area contributed by atoms with Gasteiger partial charge in [-0.2, -0.15) is 16.7 Å². The Kier molecular flexibility index (Phi) is 3.59. The summed E-state index contributed by atoms with van der Waals surface area (Å²) in [6, 6.07) is 0. The summed E-state index contributed by atoms with van der Waals surface area (Å²) in [7, 11) is 0. The number of thioether (sulfide) groups is 1. The highest BCUT2D eigenvalue weighted by Gasteiger charge is 2.38. The maximum Gasteiger partial charge on any atom is 0.233 e. The van der Waals surface area contributed by atoms with Gasteiger partial charge in [0.25, 0.3) is 0 Å². The van der Waals surface area contributed by atoms with Gasteiger partial charge in [-0.15, -0.1) is 0 Å². The monoisotopic (exact) mass is 270 g/mol. The molecule has 3 rings (SSSR count).